The van der Waals surface area contributed by atoms with Gasteiger partial charge in [-0.25, -0.2) is 9.37 Å². The number of hydrogen-bond donors (Lipinski definition) is 1. The first-order valence-corrected chi connectivity index (χ1v) is 10.2. The lowest BCUT2D eigenvalue weighted by atomic mass is 9.96. The normalized spacial score (nSPS) is 13.3. The van der Waals surface area contributed by atoms with E-state index in [1.807, 2.05) is 31.0 Å². The average Bonchev–Trinajstić information content (AvgIpc) is 3.12. The molecule has 0 radical (unpaired) electrons. The van der Waals surface area contributed by atoms with Crippen molar-refractivity contribution in [1.29, 1.82) is 0 Å². The molecule has 0 amide bonds. The van der Waals surface area contributed by atoms with Crippen LogP contribution in [0.3, 0.4) is 0 Å². The number of rotatable bonds is 4. The molecule has 1 aliphatic carbocycles. The summed E-state index contributed by atoms with van der Waals surface area (Å²) in [5.74, 6) is 1.08. The van der Waals surface area contributed by atoms with Crippen LogP contribution in [0.1, 0.15) is 24.1 Å². The Labute approximate surface area is 174 Å². The van der Waals surface area contributed by atoms with Gasteiger partial charge < -0.3 is 10.2 Å². The Morgan fingerprint density at radius 3 is 2.80 bits per heavy atom. The van der Waals surface area contributed by atoms with Gasteiger partial charge in [-0.15, -0.1) is 0 Å². The summed E-state index contributed by atoms with van der Waals surface area (Å²) in [4.78, 5) is 11.7. The first-order chi connectivity index (χ1) is 14.6. The lowest BCUT2D eigenvalue weighted by molar-refractivity contribution is 0.628. The number of aryl methyl sites for hydroxylation is 2. The first-order valence-electron chi connectivity index (χ1n) is 10.2. The van der Waals surface area contributed by atoms with E-state index in [-0.39, 0.29) is 5.82 Å². The zero-order valence-corrected chi connectivity index (χ0v) is 17.1. The molecule has 7 heteroatoms. The summed E-state index contributed by atoms with van der Waals surface area (Å²) in [7, 11) is 3.95. The van der Waals surface area contributed by atoms with Gasteiger partial charge in [-0.1, -0.05) is 6.07 Å². The molecule has 0 fully saturated rings. The molecule has 2 aromatic carbocycles. The summed E-state index contributed by atoms with van der Waals surface area (Å²) in [5.41, 5.74) is 4.85. The second-order valence-corrected chi connectivity index (χ2v) is 7.74. The number of halogens is 1. The second kappa shape index (κ2) is 7.40. The van der Waals surface area contributed by atoms with E-state index in [0.717, 1.165) is 53.8 Å². The van der Waals surface area contributed by atoms with Crippen LogP contribution in [0, 0.1) is 5.82 Å². The van der Waals surface area contributed by atoms with Crippen molar-refractivity contribution >= 4 is 34.0 Å². The fourth-order valence-corrected chi connectivity index (χ4v) is 4.06. The third-order valence-electron chi connectivity index (χ3n) is 5.55. The molecule has 152 valence electrons. The Kier molecular flexibility index (Phi) is 4.58. The molecule has 5 rings (SSSR count). The van der Waals surface area contributed by atoms with Crippen molar-refractivity contribution in [1.82, 2.24) is 19.7 Å². The number of aromatic nitrogens is 4. The van der Waals surface area contributed by atoms with E-state index in [0.29, 0.717) is 11.6 Å². The highest BCUT2D eigenvalue weighted by Crippen LogP contribution is 2.33. The van der Waals surface area contributed by atoms with Crippen molar-refractivity contribution in [2.75, 3.05) is 17.3 Å². The molecular weight excluding hydrogens is 379 g/mol. The summed E-state index contributed by atoms with van der Waals surface area (Å²) in [6.07, 6.45) is 6.14. The zero-order chi connectivity index (χ0) is 20.7. The van der Waals surface area contributed by atoms with Crippen LogP contribution in [0.5, 0.6) is 0 Å². The van der Waals surface area contributed by atoms with E-state index in [9.17, 15) is 4.39 Å². The van der Waals surface area contributed by atoms with Crippen molar-refractivity contribution in [2.24, 2.45) is 7.05 Å². The van der Waals surface area contributed by atoms with Gasteiger partial charge in [0.15, 0.2) is 0 Å². The molecule has 0 aliphatic heterocycles. The van der Waals surface area contributed by atoms with E-state index < -0.39 is 0 Å². The van der Waals surface area contributed by atoms with Gasteiger partial charge in [0.1, 0.15) is 11.6 Å². The minimum atomic E-state index is -0.293. The molecule has 4 aromatic rings. The summed E-state index contributed by atoms with van der Waals surface area (Å²) in [6, 6.07) is 12.6. The molecule has 1 N–H and O–H groups in total. The maximum absolute atomic E-state index is 13.6. The topological polar surface area (TPSA) is 58.9 Å². The van der Waals surface area contributed by atoms with Crippen LogP contribution in [0.2, 0.25) is 0 Å². The average molecular weight is 402 g/mol. The molecule has 0 atom stereocenters. The Balaban J connectivity index is 1.56. The second-order valence-electron chi connectivity index (χ2n) is 7.74. The first kappa shape index (κ1) is 18.5. The van der Waals surface area contributed by atoms with Gasteiger partial charge in [0.25, 0.3) is 0 Å². The van der Waals surface area contributed by atoms with Gasteiger partial charge in [-0.3, -0.25) is 4.68 Å². The molecule has 1 aliphatic rings. The quantitative estimate of drug-likeness (QED) is 0.527. The number of hydrogen-bond acceptors (Lipinski definition) is 5. The van der Waals surface area contributed by atoms with Crippen molar-refractivity contribution in [2.45, 2.75) is 25.7 Å². The maximum atomic E-state index is 13.6. The summed E-state index contributed by atoms with van der Waals surface area (Å²) in [5, 5.41) is 8.80. The van der Waals surface area contributed by atoms with E-state index in [4.69, 9.17) is 9.97 Å². The van der Waals surface area contributed by atoms with Crippen molar-refractivity contribution in [3.63, 3.8) is 0 Å². The lowest BCUT2D eigenvalue weighted by Crippen LogP contribution is -2.19. The van der Waals surface area contributed by atoms with Gasteiger partial charge in [0, 0.05) is 42.6 Å². The van der Waals surface area contributed by atoms with Crippen molar-refractivity contribution in [3.05, 3.63) is 65.7 Å². The highest BCUT2D eigenvalue weighted by atomic mass is 19.1. The highest BCUT2D eigenvalue weighted by molar-refractivity contribution is 5.83. The SMILES string of the molecule is CN(c1ccc2cn(C)nc2c1)c1nc(Nc2cccc(F)c2)nc2c1CCCC2. The minimum absolute atomic E-state index is 0.293. The van der Waals surface area contributed by atoms with Crippen LogP contribution in [0.4, 0.5) is 27.5 Å². The van der Waals surface area contributed by atoms with Gasteiger partial charge in [-0.05, 0) is 62.1 Å². The molecule has 2 aromatic heterocycles. The summed E-state index contributed by atoms with van der Waals surface area (Å²) >= 11 is 0. The third-order valence-corrected chi connectivity index (χ3v) is 5.55. The molecule has 0 bridgehead atoms. The molecule has 0 saturated carbocycles. The number of nitrogens with zero attached hydrogens (tertiary/aromatic N) is 5. The van der Waals surface area contributed by atoms with Crippen LogP contribution in [-0.4, -0.2) is 26.8 Å². The van der Waals surface area contributed by atoms with Crippen LogP contribution >= 0.6 is 0 Å². The fraction of sp³-hybridized carbons (Fsp3) is 0.261. The zero-order valence-electron chi connectivity index (χ0n) is 17.1. The Morgan fingerprint density at radius 1 is 1.07 bits per heavy atom. The molecule has 0 unspecified atom stereocenters. The van der Waals surface area contributed by atoms with Crippen molar-refractivity contribution in [3.8, 4) is 0 Å². The van der Waals surface area contributed by atoms with Gasteiger partial charge in [-0.2, -0.15) is 10.1 Å². The molecule has 6 nitrogen and oxygen atoms in total. The number of fused-ring (bicyclic) bond motifs is 2. The smallest absolute Gasteiger partial charge is 0.229 e. The van der Waals surface area contributed by atoms with Gasteiger partial charge in [0.2, 0.25) is 5.95 Å². The fourth-order valence-electron chi connectivity index (χ4n) is 4.06. The number of anilines is 4. The number of nitrogens with one attached hydrogen (secondary N) is 1. The minimum Gasteiger partial charge on any atom is -0.329 e. The third kappa shape index (κ3) is 3.47. The van der Waals surface area contributed by atoms with Crippen LogP contribution in [0.25, 0.3) is 10.9 Å². The van der Waals surface area contributed by atoms with Crippen LogP contribution in [0.15, 0.2) is 48.7 Å². The monoisotopic (exact) mass is 402 g/mol. The largest absolute Gasteiger partial charge is 0.329 e. The maximum Gasteiger partial charge on any atom is 0.229 e. The van der Waals surface area contributed by atoms with Crippen LogP contribution < -0.4 is 10.2 Å². The predicted octanol–water partition coefficient (Wildman–Crippen LogP) is 4.89. The lowest BCUT2D eigenvalue weighted by Gasteiger charge is -2.26. The predicted molar refractivity (Wildman–Crippen MR) is 117 cm³/mol. The van der Waals surface area contributed by atoms with E-state index in [2.05, 4.69) is 33.5 Å². The Hall–Kier alpha value is -3.48. The summed E-state index contributed by atoms with van der Waals surface area (Å²) < 4.78 is 15.4. The van der Waals surface area contributed by atoms with Gasteiger partial charge in [0.05, 0.1) is 11.2 Å². The molecule has 2 heterocycles. The molecular formula is C23H23FN6. The number of benzene rings is 2. The van der Waals surface area contributed by atoms with E-state index in [1.165, 1.54) is 17.7 Å². The van der Waals surface area contributed by atoms with Crippen molar-refractivity contribution < 1.29 is 4.39 Å². The van der Waals surface area contributed by atoms with E-state index >= 15 is 0 Å². The molecule has 0 spiro atoms. The Bertz CT molecular complexity index is 1230. The molecule has 0 saturated heterocycles. The van der Waals surface area contributed by atoms with E-state index in [1.54, 1.807) is 6.07 Å². The standard InChI is InChI=1S/C23H23FN6/c1-29-14-15-10-11-18(13-21(15)28-29)30(2)22-19-8-3-4-9-20(19)26-23(27-22)25-17-7-5-6-16(24)12-17/h5-7,10-14H,3-4,8-9H2,1-2H3,(H,25,26,27). The van der Waals surface area contributed by atoms with Crippen LogP contribution in [-0.2, 0) is 19.9 Å². The highest BCUT2D eigenvalue weighted by Gasteiger charge is 2.21. The molecule has 30 heavy (non-hydrogen) atoms. The van der Waals surface area contributed by atoms with Gasteiger partial charge >= 0.3 is 0 Å². The summed E-state index contributed by atoms with van der Waals surface area (Å²) in [6.45, 7) is 0. The Morgan fingerprint density at radius 2 is 1.93 bits per heavy atom.